The molecular weight excluding hydrogens is 522 g/mol. The number of para-hydroxylation sites is 2. The quantitative estimate of drug-likeness (QED) is 0.282. The minimum absolute atomic E-state index is 0.117. The van der Waals surface area contributed by atoms with Gasteiger partial charge in [0.25, 0.3) is 11.5 Å². The molecule has 1 aliphatic heterocycles. The summed E-state index contributed by atoms with van der Waals surface area (Å²) >= 11 is 0. The maximum atomic E-state index is 13.6. The predicted molar refractivity (Wildman–Crippen MR) is 158 cm³/mol. The SMILES string of the molecule is CN(C)c1ccc(C=Nn2c(-c3cc4ccccc4o3)nc3ccccc3c2=O)c(OCC(=O)N2CCOCC2)c1. The van der Waals surface area contributed by atoms with E-state index in [4.69, 9.17) is 18.9 Å². The number of rotatable bonds is 7. The van der Waals surface area contributed by atoms with Crippen LogP contribution in [0.25, 0.3) is 33.5 Å². The maximum Gasteiger partial charge on any atom is 0.282 e. The molecule has 6 rings (SSSR count). The van der Waals surface area contributed by atoms with Crippen LogP contribution in [0.15, 0.2) is 87.1 Å². The summed E-state index contributed by atoms with van der Waals surface area (Å²) in [7, 11) is 3.84. The van der Waals surface area contributed by atoms with Crippen LogP contribution in [0.3, 0.4) is 0 Å². The van der Waals surface area contributed by atoms with E-state index in [2.05, 4.69) is 5.10 Å². The van der Waals surface area contributed by atoms with Crippen molar-refractivity contribution in [3.05, 3.63) is 88.7 Å². The lowest BCUT2D eigenvalue weighted by atomic mass is 10.2. The lowest BCUT2D eigenvalue weighted by Gasteiger charge is -2.27. The van der Waals surface area contributed by atoms with Crippen LogP contribution in [0, 0.1) is 0 Å². The highest BCUT2D eigenvalue weighted by Gasteiger charge is 2.19. The lowest BCUT2D eigenvalue weighted by Crippen LogP contribution is -2.43. The van der Waals surface area contributed by atoms with Crippen LogP contribution in [0.1, 0.15) is 5.56 Å². The first-order valence-electron chi connectivity index (χ1n) is 13.3. The molecule has 0 unspecified atom stereocenters. The number of benzene rings is 3. The highest BCUT2D eigenvalue weighted by Crippen LogP contribution is 2.28. The predicted octanol–water partition coefficient (Wildman–Crippen LogP) is 4.00. The minimum atomic E-state index is -0.336. The minimum Gasteiger partial charge on any atom is -0.483 e. The zero-order valence-electron chi connectivity index (χ0n) is 22.8. The number of ether oxygens (including phenoxy) is 2. The fraction of sp³-hybridized carbons (Fsp3) is 0.226. The van der Waals surface area contributed by atoms with Crippen LogP contribution >= 0.6 is 0 Å². The topological polar surface area (TPSA) is 102 Å². The highest BCUT2D eigenvalue weighted by molar-refractivity contribution is 5.87. The Kier molecular flexibility index (Phi) is 7.22. The molecule has 10 heteroatoms. The zero-order chi connectivity index (χ0) is 28.3. The Hall–Kier alpha value is -4.96. The van der Waals surface area contributed by atoms with Gasteiger partial charge in [0.1, 0.15) is 11.3 Å². The van der Waals surface area contributed by atoms with E-state index in [1.54, 1.807) is 23.1 Å². The number of nitrogens with zero attached hydrogens (tertiary/aromatic N) is 5. The van der Waals surface area contributed by atoms with Crippen molar-refractivity contribution in [1.82, 2.24) is 14.6 Å². The third-order valence-corrected chi connectivity index (χ3v) is 6.94. The number of hydrogen-bond donors (Lipinski definition) is 0. The van der Waals surface area contributed by atoms with Crippen LogP contribution in [-0.4, -0.2) is 73.7 Å². The Labute approximate surface area is 236 Å². The van der Waals surface area contributed by atoms with Gasteiger partial charge in [-0.2, -0.15) is 9.78 Å². The van der Waals surface area contributed by atoms with Crippen LogP contribution in [0.2, 0.25) is 0 Å². The maximum absolute atomic E-state index is 13.6. The van der Waals surface area contributed by atoms with Crippen molar-refractivity contribution in [2.45, 2.75) is 0 Å². The summed E-state index contributed by atoms with van der Waals surface area (Å²) in [5.41, 5.74) is 2.38. The van der Waals surface area contributed by atoms with Crippen LogP contribution in [-0.2, 0) is 9.53 Å². The summed E-state index contributed by atoms with van der Waals surface area (Å²) in [6.07, 6.45) is 1.54. The molecule has 0 spiro atoms. The third kappa shape index (κ3) is 5.42. The second-order valence-electron chi connectivity index (χ2n) is 9.86. The first-order chi connectivity index (χ1) is 20.0. The van der Waals surface area contributed by atoms with E-state index in [0.29, 0.717) is 59.9 Å². The normalized spacial score (nSPS) is 13.8. The van der Waals surface area contributed by atoms with Crippen molar-refractivity contribution in [1.29, 1.82) is 0 Å². The largest absolute Gasteiger partial charge is 0.483 e. The van der Waals surface area contributed by atoms with Gasteiger partial charge in [-0.05, 0) is 36.4 Å². The Morgan fingerprint density at radius 3 is 2.63 bits per heavy atom. The number of anilines is 1. The van der Waals surface area contributed by atoms with Crippen molar-refractivity contribution >= 4 is 39.7 Å². The van der Waals surface area contributed by atoms with E-state index in [1.165, 1.54) is 10.9 Å². The van der Waals surface area contributed by atoms with E-state index in [-0.39, 0.29) is 23.9 Å². The number of hydrogen-bond acceptors (Lipinski definition) is 8. The second kappa shape index (κ2) is 11.3. The fourth-order valence-electron chi connectivity index (χ4n) is 4.68. The molecule has 2 aromatic heterocycles. The number of morpholine rings is 1. The molecule has 208 valence electrons. The van der Waals surface area contributed by atoms with Crippen molar-refractivity contribution < 1.29 is 18.7 Å². The molecule has 0 atom stereocenters. The standard InChI is InChI=1S/C31H29N5O5/c1-34(2)23-12-11-22(27(18-23)40-20-29(37)35-13-15-39-16-14-35)19-32-36-30(28-17-21-7-3-6-10-26(21)41-28)33-25-9-5-4-8-24(25)31(36)38/h3-12,17-19H,13-16,20H2,1-2H3. The summed E-state index contributed by atoms with van der Waals surface area (Å²) < 4.78 is 18.7. The number of aromatic nitrogens is 2. The third-order valence-electron chi connectivity index (χ3n) is 6.94. The number of carbonyl (C=O) groups is 1. The molecule has 1 aliphatic rings. The zero-order valence-corrected chi connectivity index (χ0v) is 22.8. The smallest absolute Gasteiger partial charge is 0.282 e. The van der Waals surface area contributed by atoms with Gasteiger partial charge in [-0.3, -0.25) is 9.59 Å². The van der Waals surface area contributed by atoms with Gasteiger partial charge in [0, 0.05) is 49.9 Å². The van der Waals surface area contributed by atoms with Crippen molar-refractivity contribution in [3.63, 3.8) is 0 Å². The Morgan fingerprint density at radius 1 is 1.05 bits per heavy atom. The van der Waals surface area contributed by atoms with Crippen LogP contribution < -0.4 is 15.2 Å². The summed E-state index contributed by atoms with van der Waals surface area (Å²) in [6, 6.07) is 22.2. The Bertz CT molecular complexity index is 1780. The number of amides is 1. The first-order valence-corrected chi connectivity index (χ1v) is 13.3. The monoisotopic (exact) mass is 551 g/mol. The van der Waals surface area contributed by atoms with Gasteiger partial charge < -0.3 is 23.7 Å². The summed E-state index contributed by atoms with van der Waals surface area (Å²) in [6.45, 7) is 1.98. The van der Waals surface area contributed by atoms with E-state index < -0.39 is 0 Å². The fourth-order valence-corrected chi connectivity index (χ4v) is 4.68. The molecule has 3 heterocycles. The molecule has 1 saturated heterocycles. The van der Waals surface area contributed by atoms with Gasteiger partial charge in [-0.1, -0.05) is 30.3 Å². The Morgan fingerprint density at radius 2 is 1.83 bits per heavy atom. The second-order valence-corrected chi connectivity index (χ2v) is 9.86. The molecule has 10 nitrogen and oxygen atoms in total. The molecule has 5 aromatic rings. The van der Waals surface area contributed by atoms with Gasteiger partial charge in [0.2, 0.25) is 5.82 Å². The van der Waals surface area contributed by atoms with Gasteiger partial charge in [0.05, 0.1) is 30.3 Å². The van der Waals surface area contributed by atoms with Crippen molar-refractivity contribution in [2.24, 2.45) is 5.10 Å². The molecule has 0 saturated carbocycles. The number of furan rings is 1. The van der Waals surface area contributed by atoms with Crippen molar-refractivity contribution in [2.75, 3.05) is 51.9 Å². The van der Waals surface area contributed by atoms with Gasteiger partial charge in [-0.15, -0.1) is 0 Å². The summed E-state index contributed by atoms with van der Waals surface area (Å²) in [5.74, 6) is 1.04. The molecule has 0 radical (unpaired) electrons. The van der Waals surface area contributed by atoms with Gasteiger partial charge in [-0.25, -0.2) is 4.98 Å². The lowest BCUT2D eigenvalue weighted by molar-refractivity contribution is -0.137. The van der Waals surface area contributed by atoms with E-state index >= 15 is 0 Å². The molecule has 0 aliphatic carbocycles. The average molecular weight is 552 g/mol. The average Bonchev–Trinajstić information content (AvgIpc) is 3.44. The molecular formula is C31H29N5O5. The molecule has 1 amide bonds. The molecule has 1 fully saturated rings. The van der Waals surface area contributed by atoms with Gasteiger partial charge in [0.15, 0.2) is 12.4 Å². The van der Waals surface area contributed by atoms with Crippen molar-refractivity contribution in [3.8, 4) is 17.3 Å². The van der Waals surface area contributed by atoms with Crippen LogP contribution in [0.5, 0.6) is 5.75 Å². The Balaban J connectivity index is 1.39. The van der Waals surface area contributed by atoms with E-state index in [0.717, 1.165) is 11.1 Å². The highest BCUT2D eigenvalue weighted by atomic mass is 16.5. The van der Waals surface area contributed by atoms with E-state index in [9.17, 15) is 9.59 Å². The molecule has 3 aromatic carbocycles. The van der Waals surface area contributed by atoms with Crippen LogP contribution in [0.4, 0.5) is 5.69 Å². The molecule has 0 N–H and O–H groups in total. The first kappa shape index (κ1) is 26.3. The van der Waals surface area contributed by atoms with E-state index in [1.807, 2.05) is 73.6 Å². The molecule has 41 heavy (non-hydrogen) atoms. The number of carbonyl (C=O) groups excluding carboxylic acids is 1. The summed E-state index contributed by atoms with van der Waals surface area (Å²) in [4.78, 5) is 34.8. The molecule has 0 bridgehead atoms. The van der Waals surface area contributed by atoms with Gasteiger partial charge >= 0.3 is 0 Å². The summed E-state index contributed by atoms with van der Waals surface area (Å²) in [5, 5.41) is 5.90. The number of fused-ring (bicyclic) bond motifs is 2.